The molecule has 2 aromatic rings. The number of nitrogens with one attached hydrogen (secondary N) is 2. The highest BCUT2D eigenvalue weighted by molar-refractivity contribution is 5.97. The quantitative estimate of drug-likeness (QED) is 0.741. The molecular formula is C13H18N8O2. The summed E-state index contributed by atoms with van der Waals surface area (Å²) in [5, 5.41) is 20.7. The maximum absolute atomic E-state index is 12.6. The van der Waals surface area contributed by atoms with Crippen LogP contribution in [0.4, 0.5) is 0 Å². The molecule has 0 saturated carbocycles. The average molecular weight is 318 g/mol. The van der Waals surface area contributed by atoms with Crippen molar-refractivity contribution in [2.24, 2.45) is 0 Å². The van der Waals surface area contributed by atoms with Gasteiger partial charge in [-0.1, -0.05) is 0 Å². The number of tetrazole rings is 1. The minimum absolute atomic E-state index is 0.0165. The number of aromatic amines is 1. The monoisotopic (exact) mass is 318 g/mol. The zero-order valence-electron chi connectivity index (χ0n) is 12.6. The second-order valence-electron chi connectivity index (χ2n) is 5.81. The van der Waals surface area contributed by atoms with Gasteiger partial charge in [0.05, 0.1) is 31.5 Å². The van der Waals surface area contributed by atoms with E-state index in [1.165, 1.54) is 30.0 Å². The van der Waals surface area contributed by atoms with E-state index < -0.39 is 0 Å². The van der Waals surface area contributed by atoms with Gasteiger partial charge >= 0.3 is 0 Å². The van der Waals surface area contributed by atoms with Crippen LogP contribution < -0.4 is 5.32 Å². The van der Waals surface area contributed by atoms with Crippen molar-refractivity contribution in [3.05, 3.63) is 18.1 Å². The highest BCUT2D eigenvalue weighted by Crippen LogP contribution is 2.20. The Morgan fingerprint density at radius 2 is 2.22 bits per heavy atom. The molecule has 2 atom stereocenters. The third-order valence-electron chi connectivity index (χ3n) is 4.42. The molecule has 122 valence electrons. The van der Waals surface area contributed by atoms with Crippen LogP contribution in [0.15, 0.2) is 12.5 Å². The molecule has 2 aliphatic rings. The maximum Gasteiger partial charge on any atom is 0.257 e. The molecule has 2 aliphatic heterocycles. The van der Waals surface area contributed by atoms with Gasteiger partial charge in [-0.15, -0.1) is 5.10 Å². The molecule has 0 aromatic carbocycles. The van der Waals surface area contributed by atoms with Gasteiger partial charge in [-0.3, -0.25) is 14.8 Å². The van der Waals surface area contributed by atoms with Crippen LogP contribution in [-0.4, -0.2) is 79.6 Å². The van der Waals surface area contributed by atoms with E-state index in [0.29, 0.717) is 24.6 Å². The van der Waals surface area contributed by atoms with Crippen molar-refractivity contribution in [1.82, 2.24) is 40.6 Å². The van der Waals surface area contributed by atoms with E-state index in [4.69, 9.17) is 4.74 Å². The number of amides is 1. The van der Waals surface area contributed by atoms with E-state index in [1.54, 1.807) is 0 Å². The van der Waals surface area contributed by atoms with Crippen molar-refractivity contribution in [3.8, 4) is 5.82 Å². The molecule has 1 amide bonds. The van der Waals surface area contributed by atoms with Crippen LogP contribution in [-0.2, 0) is 4.74 Å². The number of carbonyl (C=O) groups is 1. The lowest BCUT2D eigenvalue weighted by Crippen LogP contribution is -2.50. The molecule has 0 unspecified atom stereocenters. The van der Waals surface area contributed by atoms with E-state index in [2.05, 4.69) is 35.9 Å². The molecule has 4 rings (SSSR count). The lowest BCUT2D eigenvalue weighted by molar-refractivity contribution is 0.0916. The lowest BCUT2D eigenvalue weighted by Gasteiger charge is -2.27. The minimum Gasteiger partial charge on any atom is -0.378 e. The number of likely N-dealkylation sites (tertiary alicyclic amines) is 1. The Bertz CT molecular complexity index is 663. The number of carbonyl (C=O) groups excluding carboxylic acids is 1. The van der Waals surface area contributed by atoms with Crippen LogP contribution >= 0.6 is 0 Å². The highest BCUT2D eigenvalue weighted by atomic mass is 16.5. The molecule has 2 saturated heterocycles. The Labute approximate surface area is 132 Å². The first-order chi connectivity index (χ1) is 11.3. The first-order valence-electron chi connectivity index (χ1n) is 7.72. The van der Waals surface area contributed by atoms with Gasteiger partial charge in [0.1, 0.15) is 11.9 Å². The number of hydrogen-bond acceptors (Lipinski definition) is 7. The molecule has 0 spiro atoms. The van der Waals surface area contributed by atoms with Crippen LogP contribution in [0.2, 0.25) is 0 Å². The molecule has 2 fully saturated rings. The number of ether oxygens (including phenoxy) is 1. The molecule has 2 aromatic heterocycles. The van der Waals surface area contributed by atoms with Crippen LogP contribution in [0.5, 0.6) is 0 Å². The fourth-order valence-electron chi connectivity index (χ4n) is 3.24. The molecule has 0 radical (unpaired) electrons. The Balaban J connectivity index is 1.49. The second-order valence-corrected chi connectivity index (χ2v) is 5.81. The average Bonchev–Trinajstić information content (AvgIpc) is 3.31. The molecular weight excluding hydrogens is 300 g/mol. The second kappa shape index (κ2) is 6.05. The SMILES string of the molecule is O=C(N[C@H]1COC[C@@H]1N1CCCC1)c1cn[nH]c1-n1cnnn1. The number of aromatic nitrogens is 6. The highest BCUT2D eigenvalue weighted by Gasteiger charge is 2.35. The summed E-state index contributed by atoms with van der Waals surface area (Å²) in [4.78, 5) is 15.0. The first kappa shape index (κ1) is 14.3. The molecule has 4 heterocycles. The topological polar surface area (TPSA) is 114 Å². The van der Waals surface area contributed by atoms with Gasteiger partial charge in [0.25, 0.3) is 5.91 Å². The van der Waals surface area contributed by atoms with Gasteiger partial charge in [0.15, 0.2) is 5.82 Å². The lowest BCUT2D eigenvalue weighted by atomic mass is 10.1. The largest absolute Gasteiger partial charge is 0.378 e. The van der Waals surface area contributed by atoms with E-state index >= 15 is 0 Å². The fourth-order valence-corrected chi connectivity index (χ4v) is 3.24. The molecule has 10 heteroatoms. The maximum atomic E-state index is 12.6. The van der Waals surface area contributed by atoms with Crippen molar-refractivity contribution in [3.63, 3.8) is 0 Å². The van der Waals surface area contributed by atoms with Gasteiger partial charge in [0.2, 0.25) is 0 Å². The summed E-state index contributed by atoms with van der Waals surface area (Å²) in [6.07, 6.45) is 5.31. The van der Waals surface area contributed by atoms with Crippen molar-refractivity contribution < 1.29 is 9.53 Å². The standard InChI is InChI=1S/C13H18N8O2/c22-13(9-5-14-17-12(9)21-8-15-18-19-21)16-10-6-23-7-11(10)20-3-1-2-4-20/h5,8,10-11H,1-4,6-7H2,(H,14,17)(H,16,22)/t10-,11-/m0/s1. The van der Waals surface area contributed by atoms with E-state index in [-0.39, 0.29) is 18.0 Å². The van der Waals surface area contributed by atoms with Crippen LogP contribution in [0.25, 0.3) is 5.82 Å². The predicted octanol–water partition coefficient (Wildman–Crippen LogP) is -1.02. The summed E-state index contributed by atoms with van der Waals surface area (Å²) >= 11 is 0. The molecule has 10 nitrogen and oxygen atoms in total. The number of rotatable bonds is 4. The predicted molar refractivity (Wildman–Crippen MR) is 78.0 cm³/mol. The fraction of sp³-hybridized carbons (Fsp3) is 0.615. The first-order valence-corrected chi connectivity index (χ1v) is 7.72. The van der Waals surface area contributed by atoms with E-state index in [9.17, 15) is 4.79 Å². The van der Waals surface area contributed by atoms with Gasteiger partial charge in [-0.2, -0.15) is 9.78 Å². The summed E-state index contributed by atoms with van der Waals surface area (Å²) < 4.78 is 6.97. The van der Waals surface area contributed by atoms with Crippen molar-refractivity contribution in [2.75, 3.05) is 26.3 Å². The van der Waals surface area contributed by atoms with Crippen molar-refractivity contribution in [2.45, 2.75) is 24.9 Å². The van der Waals surface area contributed by atoms with Gasteiger partial charge in [-0.25, -0.2) is 0 Å². The molecule has 0 aliphatic carbocycles. The molecule has 2 N–H and O–H groups in total. The Morgan fingerprint density at radius 1 is 1.35 bits per heavy atom. The third kappa shape index (κ3) is 2.70. The van der Waals surface area contributed by atoms with Crippen molar-refractivity contribution in [1.29, 1.82) is 0 Å². The van der Waals surface area contributed by atoms with Gasteiger partial charge in [-0.05, 0) is 36.4 Å². The summed E-state index contributed by atoms with van der Waals surface area (Å²) in [5.41, 5.74) is 0.407. The molecule has 23 heavy (non-hydrogen) atoms. The zero-order valence-corrected chi connectivity index (χ0v) is 12.6. The van der Waals surface area contributed by atoms with Crippen LogP contribution in [0.3, 0.4) is 0 Å². The summed E-state index contributed by atoms with van der Waals surface area (Å²) in [6.45, 7) is 3.34. The molecule has 0 bridgehead atoms. The van der Waals surface area contributed by atoms with E-state index in [1.807, 2.05) is 0 Å². The Hall–Kier alpha value is -2.33. The Kier molecular flexibility index (Phi) is 3.75. The summed E-state index contributed by atoms with van der Waals surface area (Å²) in [6, 6.07) is 0.224. The van der Waals surface area contributed by atoms with Crippen molar-refractivity contribution >= 4 is 5.91 Å². The summed E-state index contributed by atoms with van der Waals surface area (Å²) in [7, 11) is 0. The summed E-state index contributed by atoms with van der Waals surface area (Å²) in [5.74, 6) is 0.244. The third-order valence-corrected chi connectivity index (χ3v) is 4.42. The Morgan fingerprint density at radius 3 is 3.00 bits per heavy atom. The zero-order chi connectivity index (χ0) is 15.6. The van der Waals surface area contributed by atoms with E-state index in [0.717, 1.165) is 13.1 Å². The number of nitrogens with zero attached hydrogens (tertiary/aromatic N) is 6. The minimum atomic E-state index is -0.205. The number of hydrogen-bond donors (Lipinski definition) is 2. The van der Waals surface area contributed by atoms with Crippen LogP contribution in [0, 0.1) is 0 Å². The van der Waals surface area contributed by atoms with Crippen LogP contribution in [0.1, 0.15) is 23.2 Å². The smallest absolute Gasteiger partial charge is 0.257 e. The van der Waals surface area contributed by atoms with Gasteiger partial charge in [0, 0.05) is 0 Å². The number of H-pyrrole nitrogens is 1. The normalized spacial score (nSPS) is 25.0. The van der Waals surface area contributed by atoms with Gasteiger partial charge < -0.3 is 10.1 Å².